The zero-order valence-corrected chi connectivity index (χ0v) is 16.7. The SMILES string of the molecule is COc1c(C)cnc(CN2CCC3(CC2)OCCc2cnc(C)nc23)c1C. The molecular weight excluding hydrogens is 340 g/mol. The molecule has 0 aromatic carbocycles. The van der Waals surface area contributed by atoms with Crippen LogP contribution in [0.5, 0.6) is 5.75 Å². The third-order valence-electron chi connectivity index (χ3n) is 5.95. The first-order chi connectivity index (χ1) is 13.0. The average Bonchev–Trinajstić information content (AvgIpc) is 2.67. The lowest BCUT2D eigenvalue weighted by Crippen LogP contribution is -2.47. The Morgan fingerprint density at radius 3 is 2.67 bits per heavy atom. The van der Waals surface area contributed by atoms with Gasteiger partial charge in [0, 0.05) is 43.2 Å². The number of nitrogens with zero attached hydrogens (tertiary/aromatic N) is 4. The minimum Gasteiger partial charge on any atom is -0.496 e. The van der Waals surface area contributed by atoms with E-state index >= 15 is 0 Å². The predicted molar refractivity (Wildman–Crippen MR) is 103 cm³/mol. The molecule has 0 atom stereocenters. The van der Waals surface area contributed by atoms with Gasteiger partial charge in [-0.3, -0.25) is 9.88 Å². The number of hydrogen-bond donors (Lipinski definition) is 0. The maximum atomic E-state index is 6.31. The molecule has 4 rings (SSSR count). The van der Waals surface area contributed by atoms with Crippen molar-refractivity contribution >= 4 is 0 Å². The van der Waals surface area contributed by atoms with Gasteiger partial charge in [-0.1, -0.05) is 0 Å². The Kier molecular flexibility index (Phi) is 4.86. The minimum absolute atomic E-state index is 0.245. The molecule has 2 aliphatic rings. The van der Waals surface area contributed by atoms with Gasteiger partial charge in [-0.05, 0) is 45.6 Å². The van der Waals surface area contributed by atoms with E-state index in [-0.39, 0.29) is 5.60 Å². The van der Waals surface area contributed by atoms with Gasteiger partial charge in [0.2, 0.25) is 0 Å². The molecule has 0 radical (unpaired) electrons. The summed E-state index contributed by atoms with van der Waals surface area (Å²) in [6, 6.07) is 0. The van der Waals surface area contributed by atoms with E-state index in [2.05, 4.69) is 21.8 Å². The Hall–Kier alpha value is -2.05. The number of hydrogen-bond acceptors (Lipinski definition) is 6. The van der Waals surface area contributed by atoms with Crippen LogP contribution >= 0.6 is 0 Å². The Bertz CT molecular complexity index is 844. The lowest BCUT2D eigenvalue weighted by atomic mass is 9.83. The van der Waals surface area contributed by atoms with E-state index in [4.69, 9.17) is 14.5 Å². The van der Waals surface area contributed by atoms with Crippen LogP contribution in [0.2, 0.25) is 0 Å². The standard InChI is InChI=1S/C21H28N4O2/c1-14-11-23-18(15(2)19(14)26-4)13-25-8-6-21(7-9-25)20-17(5-10-27-21)12-22-16(3)24-20/h11-12H,5-10,13H2,1-4H3. The fourth-order valence-electron chi connectivity index (χ4n) is 4.39. The first-order valence-electron chi connectivity index (χ1n) is 9.71. The fraction of sp³-hybridized carbons (Fsp3) is 0.571. The van der Waals surface area contributed by atoms with Crippen LogP contribution in [0.15, 0.2) is 12.4 Å². The summed E-state index contributed by atoms with van der Waals surface area (Å²) >= 11 is 0. The van der Waals surface area contributed by atoms with Gasteiger partial charge in [0.15, 0.2) is 0 Å². The predicted octanol–water partition coefficient (Wildman–Crippen LogP) is 2.87. The molecule has 2 aromatic rings. The van der Waals surface area contributed by atoms with Gasteiger partial charge in [0.05, 0.1) is 25.1 Å². The van der Waals surface area contributed by atoms with Crippen LogP contribution in [0.4, 0.5) is 0 Å². The number of ether oxygens (including phenoxy) is 2. The molecule has 1 spiro atoms. The molecule has 0 unspecified atom stereocenters. The average molecular weight is 368 g/mol. The van der Waals surface area contributed by atoms with Crippen molar-refractivity contribution in [1.82, 2.24) is 19.9 Å². The summed E-state index contributed by atoms with van der Waals surface area (Å²) < 4.78 is 11.9. The first kappa shape index (κ1) is 18.3. The number of rotatable bonds is 3. The van der Waals surface area contributed by atoms with Crippen LogP contribution in [-0.2, 0) is 23.3 Å². The summed E-state index contributed by atoms with van der Waals surface area (Å²) in [7, 11) is 1.73. The summed E-state index contributed by atoms with van der Waals surface area (Å²) in [6.07, 6.45) is 6.72. The number of piperidine rings is 1. The second kappa shape index (κ2) is 7.17. The first-order valence-corrected chi connectivity index (χ1v) is 9.71. The molecule has 6 nitrogen and oxygen atoms in total. The van der Waals surface area contributed by atoms with Crippen LogP contribution in [0.3, 0.4) is 0 Å². The number of pyridine rings is 1. The van der Waals surface area contributed by atoms with Crippen LogP contribution in [0.1, 0.15) is 46.7 Å². The Balaban J connectivity index is 1.50. The Morgan fingerprint density at radius 1 is 1.15 bits per heavy atom. The summed E-state index contributed by atoms with van der Waals surface area (Å²) in [5, 5.41) is 0. The topological polar surface area (TPSA) is 60.4 Å². The molecule has 2 aromatic heterocycles. The normalized spacial score (nSPS) is 19.1. The quantitative estimate of drug-likeness (QED) is 0.830. The molecule has 0 amide bonds. The molecule has 0 aliphatic carbocycles. The largest absolute Gasteiger partial charge is 0.496 e. The highest BCUT2D eigenvalue weighted by Gasteiger charge is 2.42. The van der Waals surface area contributed by atoms with E-state index < -0.39 is 0 Å². The van der Waals surface area contributed by atoms with E-state index in [0.717, 1.165) is 79.6 Å². The summed E-state index contributed by atoms with van der Waals surface area (Å²) in [5.74, 6) is 1.78. The van der Waals surface area contributed by atoms with Crippen LogP contribution in [0, 0.1) is 20.8 Å². The van der Waals surface area contributed by atoms with Crippen molar-refractivity contribution in [3.05, 3.63) is 46.3 Å². The zero-order chi connectivity index (χ0) is 19.0. The fourth-order valence-corrected chi connectivity index (χ4v) is 4.39. The van der Waals surface area contributed by atoms with E-state index in [9.17, 15) is 0 Å². The summed E-state index contributed by atoms with van der Waals surface area (Å²) in [4.78, 5) is 16.3. The van der Waals surface area contributed by atoms with E-state index in [1.54, 1.807) is 7.11 Å². The third kappa shape index (κ3) is 3.32. The van der Waals surface area contributed by atoms with Crippen LogP contribution < -0.4 is 4.74 Å². The van der Waals surface area contributed by atoms with Crippen molar-refractivity contribution in [3.8, 4) is 5.75 Å². The second-order valence-electron chi connectivity index (χ2n) is 7.71. The van der Waals surface area contributed by atoms with Crippen LogP contribution in [0.25, 0.3) is 0 Å². The van der Waals surface area contributed by atoms with Crippen molar-refractivity contribution in [2.75, 3.05) is 26.8 Å². The third-order valence-corrected chi connectivity index (χ3v) is 5.95. The maximum absolute atomic E-state index is 6.31. The molecule has 0 saturated carbocycles. The lowest BCUT2D eigenvalue weighted by molar-refractivity contribution is -0.102. The maximum Gasteiger partial charge on any atom is 0.128 e. The molecular formula is C21H28N4O2. The van der Waals surface area contributed by atoms with Gasteiger partial charge in [-0.25, -0.2) is 9.97 Å². The molecule has 0 bridgehead atoms. The lowest BCUT2D eigenvalue weighted by Gasteiger charge is -2.44. The Morgan fingerprint density at radius 2 is 1.93 bits per heavy atom. The van der Waals surface area contributed by atoms with Crippen LogP contribution in [-0.4, -0.2) is 46.7 Å². The monoisotopic (exact) mass is 368 g/mol. The second-order valence-corrected chi connectivity index (χ2v) is 7.71. The van der Waals surface area contributed by atoms with Crippen molar-refractivity contribution in [3.63, 3.8) is 0 Å². The minimum atomic E-state index is -0.245. The molecule has 4 heterocycles. The molecule has 0 N–H and O–H groups in total. The van der Waals surface area contributed by atoms with Gasteiger partial charge >= 0.3 is 0 Å². The molecule has 1 fully saturated rings. The van der Waals surface area contributed by atoms with Gasteiger partial charge in [0.1, 0.15) is 17.2 Å². The highest BCUT2D eigenvalue weighted by Crippen LogP contribution is 2.40. The number of likely N-dealkylation sites (tertiary alicyclic amines) is 1. The molecule has 144 valence electrons. The highest BCUT2D eigenvalue weighted by molar-refractivity contribution is 5.41. The van der Waals surface area contributed by atoms with Crippen molar-refractivity contribution in [2.45, 2.75) is 52.2 Å². The van der Waals surface area contributed by atoms with E-state index in [1.165, 1.54) is 5.56 Å². The molecule has 2 aliphatic heterocycles. The highest BCUT2D eigenvalue weighted by atomic mass is 16.5. The van der Waals surface area contributed by atoms with Crippen molar-refractivity contribution in [1.29, 1.82) is 0 Å². The summed E-state index contributed by atoms with van der Waals surface area (Å²) in [6.45, 7) is 9.63. The smallest absolute Gasteiger partial charge is 0.128 e. The van der Waals surface area contributed by atoms with Crippen molar-refractivity contribution < 1.29 is 9.47 Å². The zero-order valence-electron chi connectivity index (χ0n) is 16.7. The van der Waals surface area contributed by atoms with Gasteiger partial charge < -0.3 is 9.47 Å². The van der Waals surface area contributed by atoms with Gasteiger partial charge in [-0.15, -0.1) is 0 Å². The molecule has 27 heavy (non-hydrogen) atoms. The number of aromatic nitrogens is 3. The number of aryl methyl sites for hydroxylation is 2. The van der Waals surface area contributed by atoms with E-state index in [0.29, 0.717) is 0 Å². The molecule has 6 heteroatoms. The van der Waals surface area contributed by atoms with Gasteiger partial charge in [-0.2, -0.15) is 0 Å². The molecule has 1 saturated heterocycles. The van der Waals surface area contributed by atoms with E-state index in [1.807, 2.05) is 26.2 Å². The number of methoxy groups -OCH3 is 1. The van der Waals surface area contributed by atoms with Crippen molar-refractivity contribution in [2.24, 2.45) is 0 Å². The summed E-state index contributed by atoms with van der Waals surface area (Å²) in [5.41, 5.74) is 5.44. The van der Waals surface area contributed by atoms with Gasteiger partial charge in [0.25, 0.3) is 0 Å². The Labute approximate surface area is 161 Å². The number of fused-ring (bicyclic) bond motifs is 2.